The molecule has 1 fully saturated rings. The van der Waals surface area contributed by atoms with E-state index in [4.69, 9.17) is 0 Å². The first-order valence-corrected chi connectivity index (χ1v) is 10.1. The van der Waals surface area contributed by atoms with Crippen LogP contribution in [0.4, 0.5) is 16.2 Å². The average molecular weight is 426 g/mol. The zero-order chi connectivity index (χ0) is 21.3. The summed E-state index contributed by atoms with van der Waals surface area (Å²) >= 11 is 1.53. The van der Waals surface area contributed by atoms with Crippen molar-refractivity contribution >= 4 is 44.8 Å². The van der Waals surface area contributed by atoms with E-state index in [1.54, 1.807) is 0 Å². The van der Waals surface area contributed by atoms with E-state index in [-0.39, 0.29) is 5.69 Å². The molecule has 2 aromatic carbocycles. The van der Waals surface area contributed by atoms with Crippen molar-refractivity contribution in [1.29, 1.82) is 0 Å². The molecule has 2 amide bonds. The molecule has 1 saturated heterocycles. The number of carbonyl (C=O) groups is 2. The number of carbonyl (C=O) groups excluding carboxylic acids is 1. The van der Waals surface area contributed by atoms with E-state index in [2.05, 4.69) is 16.0 Å². The second-order valence-corrected chi connectivity index (χ2v) is 7.86. The summed E-state index contributed by atoms with van der Waals surface area (Å²) in [5, 5.41) is 31.8. The summed E-state index contributed by atoms with van der Waals surface area (Å²) in [5.41, 5.74) is -0.591. The Labute approximate surface area is 174 Å². The van der Waals surface area contributed by atoms with E-state index in [1.807, 2.05) is 29.6 Å². The van der Waals surface area contributed by atoms with E-state index in [1.165, 1.54) is 35.6 Å². The van der Waals surface area contributed by atoms with E-state index >= 15 is 0 Å². The standard InChI is InChI=1S/C20H18N4O5S/c25-18(26)20(23-19(27)22-12-5-7-13(8-6-12)24(28)29)16(9-10-21-20)15-11-30-17-4-2-1-3-14(15)17/h1-8,11,16,21H,9-10H2,(H,25,26)(H2,22,23,27)/t16?,20-/m1/s1. The first kappa shape index (κ1) is 19.8. The Morgan fingerprint density at radius 3 is 2.63 bits per heavy atom. The van der Waals surface area contributed by atoms with Crippen LogP contribution in [0.3, 0.4) is 0 Å². The molecule has 0 saturated carbocycles. The van der Waals surface area contributed by atoms with Crippen LogP contribution >= 0.6 is 11.3 Å². The minimum atomic E-state index is -1.67. The summed E-state index contributed by atoms with van der Waals surface area (Å²) in [7, 11) is 0. The SMILES string of the molecule is O=C(Nc1ccc([N+](=O)[O-])cc1)N[C@]1(C(=O)O)NCCC1c1csc2ccccc12. The van der Waals surface area contributed by atoms with Crippen molar-refractivity contribution < 1.29 is 19.6 Å². The van der Waals surface area contributed by atoms with Crippen LogP contribution in [0.5, 0.6) is 0 Å². The van der Waals surface area contributed by atoms with E-state index in [0.29, 0.717) is 18.7 Å². The molecule has 10 heteroatoms. The van der Waals surface area contributed by atoms with Gasteiger partial charge in [0, 0.05) is 28.4 Å². The largest absolute Gasteiger partial charge is 0.478 e. The third kappa shape index (κ3) is 3.46. The van der Waals surface area contributed by atoms with Crippen molar-refractivity contribution in [3.8, 4) is 0 Å². The lowest BCUT2D eigenvalue weighted by molar-refractivity contribution is -0.384. The third-order valence-electron chi connectivity index (χ3n) is 5.23. The number of nitro groups is 1. The van der Waals surface area contributed by atoms with Gasteiger partial charge in [-0.25, -0.2) is 9.59 Å². The van der Waals surface area contributed by atoms with Crippen LogP contribution in [0.1, 0.15) is 17.9 Å². The highest BCUT2D eigenvalue weighted by Gasteiger charge is 2.52. The molecule has 1 aliphatic heterocycles. The fraction of sp³-hybridized carbons (Fsp3) is 0.200. The van der Waals surface area contributed by atoms with Gasteiger partial charge in [0.1, 0.15) is 0 Å². The van der Waals surface area contributed by atoms with Gasteiger partial charge in [0.25, 0.3) is 5.69 Å². The molecule has 30 heavy (non-hydrogen) atoms. The van der Waals surface area contributed by atoms with Crippen molar-refractivity contribution in [1.82, 2.24) is 10.6 Å². The van der Waals surface area contributed by atoms with Crippen LogP contribution in [0.25, 0.3) is 10.1 Å². The lowest BCUT2D eigenvalue weighted by Gasteiger charge is -2.32. The van der Waals surface area contributed by atoms with Gasteiger partial charge >= 0.3 is 12.0 Å². The van der Waals surface area contributed by atoms with E-state index < -0.39 is 28.5 Å². The Morgan fingerprint density at radius 1 is 1.20 bits per heavy atom. The van der Waals surface area contributed by atoms with Crippen molar-refractivity contribution in [3.63, 3.8) is 0 Å². The van der Waals surface area contributed by atoms with Gasteiger partial charge in [0.2, 0.25) is 0 Å². The highest BCUT2D eigenvalue weighted by molar-refractivity contribution is 7.17. The van der Waals surface area contributed by atoms with Crippen molar-refractivity contribution in [2.75, 3.05) is 11.9 Å². The topological polar surface area (TPSA) is 134 Å². The van der Waals surface area contributed by atoms with Crippen LogP contribution in [-0.4, -0.2) is 34.2 Å². The molecule has 0 aliphatic carbocycles. The van der Waals surface area contributed by atoms with E-state index in [0.717, 1.165) is 15.6 Å². The van der Waals surface area contributed by atoms with Crippen LogP contribution in [0, 0.1) is 10.1 Å². The summed E-state index contributed by atoms with van der Waals surface area (Å²) in [5.74, 6) is -1.65. The minimum absolute atomic E-state index is 0.107. The average Bonchev–Trinajstić information content (AvgIpc) is 3.32. The van der Waals surface area contributed by atoms with Crippen LogP contribution in [0.2, 0.25) is 0 Å². The summed E-state index contributed by atoms with van der Waals surface area (Å²) in [6, 6.07) is 12.3. The highest BCUT2D eigenvalue weighted by Crippen LogP contribution is 2.40. The molecule has 2 atom stereocenters. The molecule has 1 aromatic heterocycles. The highest BCUT2D eigenvalue weighted by atomic mass is 32.1. The Balaban J connectivity index is 1.59. The normalized spacial score (nSPS) is 20.7. The molecule has 4 N–H and O–H groups in total. The Bertz CT molecular complexity index is 1130. The molecule has 1 aliphatic rings. The molecule has 3 aromatic rings. The summed E-state index contributed by atoms with van der Waals surface area (Å²) in [6.45, 7) is 0.430. The van der Waals surface area contributed by atoms with Gasteiger partial charge in [0.15, 0.2) is 5.66 Å². The van der Waals surface area contributed by atoms with Crippen LogP contribution in [-0.2, 0) is 4.79 Å². The van der Waals surface area contributed by atoms with Gasteiger partial charge in [-0.3, -0.25) is 15.4 Å². The molecular formula is C20H18N4O5S. The monoisotopic (exact) mass is 426 g/mol. The van der Waals surface area contributed by atoms with Gasteiger partial charge < -0.3 is 15.7 Å². The molecule has 9 nitrogen and oxygen atoms in total. The third-order valence-corrected chi connectivity index (χ3v) is 6.21. The number of nitro benzene ring substituents is 1. The number of aliphatic carboxylic acids is 1. The zero-order valence-corrected chi connectivity index (χ0v) is 16.4. The molecule has 154 valence electrons. The zero-order valence-electron chi connectivity index (χ0n) is 15.6. The molecule has 0 radical (unpaired) electrons. The number of carboxylic acid groups (broad SMARTS) is 1. The number of carboxylic acids is 1. The first-order valence-electron chi connectivity index (χ1n) is 9.19. The second kappa shape index (κ2) is 7.73. The molecule has 0 bridgehead atoms. The number of thiophene rings is 1. The minimum Gasteiger partial charge on any atom is -0.478 e. The van der Waals surface area contributed by atoms with Crippen molar-refractivity contribution in [2.24, 2.45) is 0 Å². The fourth-order valence-corrected chi connectivity index (χ4v) is 4.84. The fourth-order valence-electron chi connectivity index (χ4n) is 3.83. The predicted molar refractivity (Wildman–Crippen MR) is 113 cm³/mol. The lowest BCUT2D eigenvalue weighted by atomic mass is 9.86. The van der Waals surface area contributed by atoms with Crippen LogP contribution in [0.15, 0.2) is 53.9 Å². The molecular weight excluding hydrogens is 408 g/mol. The molecule has 0 spiro atoms. The van der Waals surface area contributed by atoms with Crippen molar-refractivity contribution in [3.05, 3.63) is 69.6 Å². The number of fused-ring (bicyclic) bond motifs is 1. The van der Waals surface area contributed by atoms with Gasteiger partial charge in [-0.05, 0) is 47.5 Å². The Kier molecular flexibility index (Phi) is 5.10. The number of hydrogen-bond donors (Lipinski definition) is 4. The van der Waals surface area contributed by atoms with E-state index in [9.17, 15) is 24.8 Å². The molecule has 4 rings (SSSR count). The molecule has 1 unspecified atom stereocenters. The number of hydrogen-bond acceptors (Lipinski definition) is 6. The predicted octanol–water partition coefficient (Wildman–Crippen LogP) is 3.49. The number of urea groups is 1. The van der Waals surface area contributed by atoms with Gasteiger partial charge in [-0.15, -0.1) is 11.3 Å². The summed E-state index contributed by atoms with van der Waals surface area (Å²) in [4.78, 5) is 35.1. The number of anilines is 1. The summed E-state index contributed by atoms with van der Waals surface area (Å²) < 4.78 is 1.05. The van der Waals surface area contributed by atoms with Crippen LogP contribution < -0.4 is 16.0 Å². The first-order chi connectivity index (χ1) is 14.4. The number of amides is 2. The van der Waals surface area contributed by atoms with Gasteiger partial charge in [-0.1, -0.05) is 18.2 Å². The van der Waals surface area contributed by atoms with Gasteiger partial charge in [-0.2, -0.15) is 0 Å². The number of non-ortho nitro benzene ring substituents is 1. The number of nitrogens with zero attached hydrogens (tertiary/aromatic N) is 1. The maximum absolute atomic E-state index is 12.6. The Hall–Kier alpha value is -3.50. The number of benzene rings is 2. The maximum Gasteiger partial charge on any atom is 0.345 e. The Morgan fingerprint density at radius 2 is 1.93 bits per heavy atom. The smallest absolute Gasteiger partial charge is 0.345 e. The lowest BCUT2D eigenvalue weighted by Crippen LogP contribution is -2.64. The summed E-state index contributed by atoms with van der Waals surface area (Å²) in [6.07, 6.45) is 0.546. The number of nitrogens with one attached hydrogen (secondary N) is 3. The molecule has 2 heterocycles. The maximum atomic E-state index is 12.6. The number of rotatable bonds is 5. The van der Waals surface area contributed by atoms with Crippen molar-refractivity contribution in [2.45, 2.75) is 18.0 Å². The van der Waals surface area contributed by atoms with Gasteiger partial charge in [0.05, 0.1) is 4.92 Å². The second-order valence-electron chi connectivity index (χ2n) is 6.95. The quantitative estimate of drug-likeness (QED) is 0.365.